The Bertz CT molecular complexity index is 485. The molecule has 1 atom stereocenters. The average molecular weight is 293 g/mol. The van der Waals surface area contributed by atoms with Crippen molar-refractivity contribution in [1.29, 1.82) is 0 Å². The van der Waals surface area contributed by atoms with Crippen LogP contribution in [0.2, 0.25) is 0 Å². The molecule has 2 heterocycles. The monoisotopic (exact) mass is 293 g/mol. The Balaban J connectivity index is 1.55. The van der Waals surface area contributed by atoms with Crippen molar-refractivity contribution < 1.29 is 14.7 Å². The maximum absolute atomic E-state index is 12.7. The van der Waals surface area contributed by atoms with E-state index < -0.39 is 5.97 Å². The molecule has 0 aromatic carbocycles. The Kier molecular flexibility index (Phi) is 2.77. The summed E-state index contributed by atoms with van der Waals surface area (Å²) in [7, 11) is 0. The van der Waals surface area contributed by atoms with Crippen LogP contribution in [0, 0.1) is 5.41 Å². The SMILES string of the molecule is O=C(O)CC12CCC(N3CC4CNCCN4C3=O)(CC1)C2. The van der Waals surface area contributed by atoms with E-state index in [4.69, 9.17) is 5.11 Å². The quantitative estimate of drug-likeness (QED) is 0.810. The molecule has 2 saturated heterocycles. The molecule has 116 valence electrons. The summed E-state index contributed by atoms with van der Waals surface area (Å²) < 4.78 is 0. The summed E-state index contributed by atoms with van der Waals surface area (Å²) in [6, 6.07) is 0.491. The van der Waals surface area contributed by atoms with Crippen molar-refractivity contribution in [2.45, 2.75) is 50.1 Å². The first-order valence-electron chi connectivity index (χ1n) is 8.05. The molecule has 2 bridgehead atoms. The number of hydrogen-bond acceptors (Lipinski definition) is 3. The average Bonchev–Trinajstić information content (AvgIpc) is 3.09. The van der Waals surface area contributed by atoms with Crippen LogP contribution in [0.1, 0.15) is 38.5 Å². The van der Waals surface area contributed by atoms with E-state index in [1.54, 1.807) is 0 Å². The molecule has 0 aromatic heterocycles. The fourth-order valence-corrected chi connectivity index (χ4v) is 5.24. The largest absolute Gasteiger partial charge is 0.481 e. The van der Waals surface area contributed by atoms with Gasteiger partial charge in [-0.2, -0.15) is 0 Å². The molecule has 2 N–H and O–H groups in total. The maximum atomic E-state index is 12.7. The van der Waals surface area contributed by atoms with E-state index in [2.05, 4.69) is 10.2 Å². The second-order valence-electron chi connectivity index (χ2n) is 7.42. The molecule has 0 spiro atoms. The number of rotatable bonds is 3. The first kappa shape index (κ1) is 13.4. The highest BCUT2D eigenvalue weighted by Gasteiger charge is 2.60. The van der Waals surface area contributed by atoms with Crippen LogP contribution < -0.4 is 5.32 Å². The van der Waals surface area contributed by atoms with Gasteiger partial charge in [-0.3, -0.25) is 4.79 Å². The molecular formula is C15H23N3O3. The van der Waals surface area contributed by atoms with Crippen molar-refractivity contribution in [3.8, 4) is 0 Å². The lowest BCUT2D eigenvalue weighted by Gasteiger charge is -2.36. The molecule has 6 nitrogen and oxygen atoms in total. The Morgan fingerprint density at radius 2 is 2.10 bits per heavy atom. The Labute approximate surface area is 124 Å². The van der Waals surface area contributed by atoms with E-state index in [1.165, 1.54) is 0 Å². The number of hydrogen-bond donors (Lipinski definition) is 2. The van der Waals surface area contributed by atoms with Crippen LogP contribution in [-0.4, -0.2) is 64.7 Å². The molecule has 0 radical (unpaired) electrons. The lowest BCUT2D eigenvalue weighted by molar-refractivity contribution is -0.139. The van der Waals surface area contributed by atoms with Crippen molar-refractivity contribution >= 4 is 12.0 Å². The smallest absolute Gasteiger partial charge is 0.320 e. The summed E-state index contributed by atoms with van der Waals surface area (Å²) in [5.41, 5.74) is -0.0999. The second kappa shape index (κ2) is 4.35. The van der Waals surface area contributed by atoms with Gasteiger partial charge in [0.1, 0.15) is 0 Å². The van der Waals surface area contributed by atoms with Gasteiger partial charge in [-0.05, 0) is 37.5 Å². The number of carboxylic acids is 1. The van der Waals surface area contributed by atoms with E-state index in [1.807, 2.05) is 4.90 Å². The van der Waals surface area contributed by atoms with Gasteiger partial charge >= 0.3 is 12.0 Å². The van der Waals surface area contributed by atoms with Gasteiger partial charge in [0.25, 0.3) is 0 Å². The summed E-state index contributed by atoms with van der Waals surface area (Å²) in [4.78, 5) is 28.0. The van der Waals surface area contributed by atoms with Crippen molar-refractivity contribution in [1.82, 2.24) is 15.1 Å². The van der Waals surface area contributed by atoms with E-state index in [0.717, 1.165) is 58.3 Å². The van der Waals surface area contributed by atoms with Crippen LogP contribution in [-0.2, 0) is 4.79 Å². The zero-order valence-electron chi connectivity index (χ0n) is 12.3. The van der Waals surface area contributed by atoms with Gasteiger partial charge in [-0.25, -0.2) is 4.79 Å². The highest BCUT2D eigenvalue weighted by molar-refractivity contribution is 5.78. The molecule has 4 aliphatic rings. The van der Waals surface area contributed by atoms with E-state index in [9.17, 15) is 9.59 Å². The van der Waals surface area contributed by atoms with Crippen LogP contribution in [0.15, 0.2) is 0 Å². The summed E-state index contributed by atoms with van der Waals surface area (Å²) in [5, 5.41) is 12.5. The van der Waals surface area contributed by atoms with Gasteiger partial charge in [0.2, 0.25) is 0 Å². The summed E-state index contributed by atoms with van der Waals surface area (Å²) >= 11 is 0. The molecule has 0 aromatic rings. The second-order valence-corrected chi connectivity index (χ2v) is 7.42. The molecule has 2 aliphatic heterocycles. The van der Waals surface area contributed by atoms with Gasteiger partial charge in [0.15, 0.2) is 0 Å². The Morgan fingerprint density at radius 3 is 2.76 bits per heavy atom. The number of urea groups is 1. The normalized spacial score (nSPS) is 41.7. The van der Waals surface area contributed by atoms with Crippen LogP contribution in [0.25, 0.3) is 0 Å². The lowest BCUT2D eigenvalue weighted by Crippen LogP contribution is -2.50. The number of aliphatic carboxylic acids is 1. The third kappa shape index (κ3) is 1.88. The maximum Gasteiger partial charge on any atom is 0.320 e. The van der Waals surface area contributed by atoms with E-state index in [0.29, 0.717) is 6.04 Å². The highest BCUT2D eigenvalue weighted by atomic mass is 16.4. The molecule has 2 amide bonds. The minimum absolute atomic E-state index is 0.0482. The van der Waals surface area contributed by atoms with Crippen LogP contribution >= 0.6 is 0 Å². The standard InChI is InChI=1S/C15H23N3O3/c19-12(20)7-14-1-3-15(10-14,4-2-14)18-9-11-8-16-5-6-17(11)13(18)21/h11,16H,1-10H2,(H,19,20). The van der Waals surface area contributed by atoms with Crippen molar-refractivity contribution in [2.24, 2.45) is 5.41 Å². The molecule has 21 heavy (non-hydrogen) atoms. The van der Waals surface area contributed by atoms with E-state index >= 15 is 0 Å². The number of nitrogens with zero attached hydrogens (tertiary/aromatic N) is 2. The van der Waals surface area contributed by atoms with Crippen LogP contribution in [0.3, 0.4) is 0 Å². The molecule has 6 heteroatoms. The van der Waals surface area contributed by atoms with Crippen LogP contribution in [0.5, 0.6) is 0 Å². The third-order valence-electron chi connectivity index (χ3n) is 6.26. The zero-order chi connectivity index (χ0) is 14.7. The number of amides is 2. The molecule has 2 aliphatic carbocycles. The van der Waals surface area contributed by atoms with Gasteiger partial charge in [0, 0.05) is 31.7 Å². The number of fused-ring (bicyclic) bond motifs is 3. The predicted molar refractivity (Wildman–Crippen MR) is 76.0 cm³/mol. The zero-order valence-corrected chi connectivity index (χ0v) is 12.3. The number of nitrogens with one attached hydrogen (secondary N) is 1. The van der Waals surface area contributed by atoms with Crippen molar-refractivity contribution in [2.75, 3.05) is 26.2 Å². The van der Waals surface area contributed by atoms with Crippen LogP contribution in [0.4, 0.5) is 4.79 Å². The molecule has 2 saturated carbocycles. The Hall–Kier alpha value is -1.30. The number of carbonyl (C=O) groups excluding carboxylic acids is 1. The predicted octanol–water partition coefficient (Wildman–Crippen LogP) is 0.873. The van der Waals surface area contributed by atoms with E-state index in [-0.39, 0.29) is 23.4 Å². The summed E-state index contributed by atoms with van der Waals surface area (Å²) in [6.45, 7) is 3.38. The minimum atomic E-state index is -0.693. The summed E-state index contributed by atoms with van der Waals surface area (Å²) in [6.07, 6.45) is 5.06. The molecule has 1 unspecified atom stereocenters. The molecule has 4 fully saturated rings. The summed E-state index contributed by atoms with van der Waals surface area (Å²) in [5.74, 6) is -0.693. The highest BCUT2D eigenvalue weighted by Crippen LogP contribution is 2.61. The van der Waals surface area contributed by atoms with Crippen molar-refractivity contribution in [3.05, 3.63) is 0 Å². The van der Waals surface area contributed by atoms with Gasteiger partial charge in [0.05, 0.1) is 12.5 Å². The number of carboxylic acid groups (broad SMARTS) is 1. The fourth-order valence-electron chi connectivity index (χ4n) is 5.24. The molecule has 4 rings (SSSR count). The molecular weight excluding hydrogens is 270 g/mol. The first-order chi connectivity index (χ1) is 10.0. The first-order valence-corrected chi connectivity index (χ1v) is 8.05. The van der Waals surface area contributed by atoms with Gasteiger partial charge in [-0.1, -0.05) is 0 Å². The van der Waals surface area contributed by atoms with Crippen molar-refractivity contribution in [3.63, 3.8) is 0 Å². The minimum Gasteiger partial charge on any atom is -0.481 e. The van der Waals surface area contributed by atoms with Gasteiger partial charge in [-0.15, -0.1) is 0 Å². The lowest BCUT2D eigenvalue weighted by atomic mass is 9.81. The number of carbonyl (C=O) groups is 2. The fraction of sp³-hybridized carbons (Fsp3) is 0.867. The van der Waals surface area contributed by atoms with Gasteiger partial charge < -0.3 is 20.2 Å². The third-order valence-corrected chi connectivity index (χ3v) is 6.26. The topological polar surface area (TPSA) is 72.9 Å². The number of piperazine rings is 1. The Morgan fingerprint density at radius 1 is 1.33 bits per heavy atom.